The van der Waals surface area contributed by atoms with Crippen molar-refractivity contribution in [2.75, 3.05) is 7.11 Å². The molecule has 0 radical (unpaired) electrons. The van der Waals surface area contributed by atoms with E-state index >= 15 is 0 Å². The van der Waals surface area contributed by atoms with Crippen LogP contribution >= 0.6 is 0 Å². The highest BCUT2D eigenvalue weighted by Crippen LogP contribution is 2.16. The number of ketones is 1. The first kappa shape index (κ1) is 14.5. The Kier molecular flexibility index (Phi) is 5.37. The number of benzene rings is 2. The minimum absolute atomic E-state index is 0.0771. The summed E-state index contributed by atoms with van der Waals surface area (Å²) in [5, 5.41) is 17.6. The number of non-ortho nitro benzene ring substituents is 1. The summed E-state index contributed by atoms with van der Waals surface area (Å²) < 4.78 is 0. The molecule has 0 spiro atoms. The minimum Gasteiger partial charge on any atom is -0.400 e. The second-order valence-corrected chi connectivity index (χ2v) is 3.50. The van der Waals surface area contributed by atoms with E-state index in [1.54, 1.807) is 30.3 Å². The number of carbonyl (C=O) groups excluding carboxylic acids is 1. The van der Waals surface area contributed by atoms with Crippen LogP contribution in [0.25, 0.3) is 0 Å². The van der Waals surface area contributed by atoms with Crippen LogP contribution in [-0.4, -0.2) is 22.9 Å². The molecule has 5 heteroatoms. The molecule has 0 heterocycles. The lowest BCUT2D eigenvalue weighted by molar-refractivity contribution is -0.384. The van der Waals surface area contributed by atoms with Gasteiger partial charge in [0.1, 0.15) is 0 Å². The molecule has 5 nitrogen and oxygen atoms in total. The highest BCUT2D eigenvalue weighted by molar-refractivity contribution is 6.09. The normalized spacial score (nSPS) is 9.16. The molecular formula is C14H13NO4. The number of nitrogens with zero attached hydrogens (tertiary/aromatic N) is 1. The highest BCUT2D eigenvalue weighted by atomic mass is 16.6. The van der Waals surface area contributed by atoms with Crippen LogP contribution in [0.15, 0.2) is 54.6 Å². The van der Waals surface area contributed by atoms with Gasteiger partial charge in [0.25, 0.3) is 5.69 Å². The fraction of sp³-hybridized carbons (Fsp3) is 0.0714. The topological polar surface area (TPSA) is 80.4 Å². The highest BCUT2D eigenvalue weighted by Gasteiger charge is 2.12. The molecule has 2 rings (SSSR count). The van der Waals surface area contributed by atoms with E-state index < -0.39 is 4.92 Å². The number of aliphatic hydroxyl groups is 1. The molecule has 19 heavy (non-hydrogen) atoms. The van der Waals surface area contributed by atoms with Gasteiger partial charge in [-0.2, -0.15) is 0 Å². The van der Waals surface area contributed by atoms with Crippen LogP contribution in [0.4, 0.5) is 5.69 Å². The zero-order valence-electron chi connectivity index (χ0n) is 10.3. The standard InChI is InChI=1S/C13H9NO3.CH4O/c15-13(10-5-2-1-3-6-10)11-7-4-8-12(9-11)14(16)17;1-2/h1-9H;2H,1H3. The summed E-state index contributed by atoms with van der Waals surface area (Å²) in [6, 6.07) is 14.4. The first-order chi connectivity index (χ1) is 9.18. The van der Waals surface area contributed by atoms with E-state index in [1.165, 1.54) is 18.2 Å². The van der Waals surface area contributed by atoms with Crippen molar-refractivity contribution >= 4 is 11.5 Å². The van der Waals surface area contributed by atoms with Gasteiger partial charge in [-0.15, -0.1) is 0 Å². The van der Waals surface area contributed by atoms with Gasteiger partial charge < -0.3 is 5.11 Å². The molecule has 0 saturated carbocycles. The van der Waals surface area contributed by atoms with Crippen LogP contribution in [0.5, 0.6) is 0 Å². The molecule has 2 aromatic rings. The molecule has 0 aromatic heterocycles. The summed E-state index contributed by atoms with van der Waals surface area (Å²) in [6.45, 7) is 0. The van der Waals surface area contributed by atoms with Crippen molar-refractivity contribution in [1.82, 2.24) is 0 Å². The smallest absolute Gasteiger partial charge is 0.270 e. The first-order valence-electron chi connectivity index (χ1n) is 5.47. The maximum Gasteiger partial charge on any atom is 0.270 e. The Morgan fingerprint density at radius 2 is 1.58 bits per heavy atom. The summed E-state index contributed by atoms with van der Waals surface area (Å²) in [4.78, 5) is 22.1. The Morgan fingerprint density at radius 1 is 1.00 bits per heavy atom. The van der Waals surface area contributed by atoms with E-state index in [0.29, 0.717) is 11.1 Å². The van der Waals surface area contributed by atoms with Crippen LogP contribution < -0.4 is 0 Å². The molecule has 0 bridgehead atoms. The number of rotatable bonds is 3. The Bertz CT molecular complexity index is 567. The van der Waals surface area contributed by atoms with Gasteiger partial charge in [0.05, 0.1) is 4.92 Å². The van der Waals surface area contributed by atoms with E-state index in [1.807, 2.05) is 6.07 Å². The van der Waals surface area contributed by atoms with Crippen LogP contribution in [-0.2, 0) is 0 Å². The average molecular weight is 259 g/mol. The van der Waals surface area contributed by atoms with Crippen molar-refractivity contribution in [3.8, 4) is 0 Å². The first-order valence-corrected chi connectivity index (χ1v) is 5.47. The fourth-order valence-electron chi connectivity index (χ4n) is 1.52. The Hall–Kier alpha value is -2.53. The Balaban J connectivity index is 0.000000861. The van der Waals surface area contributed by atoms with Crippen LogP contribution in [0.1, 0.15) is 15.9 Å². The molecule has 2 aromatic carbocycles. The van der Waals surface area contributed by atoms with E-state index in [2.05, 4.69) is 0 Å². The van der Waals surface area contributed by atoms with Crippen LogP contribution in [0.2, 0.25) is 0 Å². The number of hydrogen-bond acceptors (Lipinski definition) is 4. The van der Waals surface area contributed by atoms with Crippen molar-refractivity contribution < 1.29 is 14.8 Å². The molecule has 0 aliphatic carbocycles. The van der Waals surface area contributed by atoms with Crippen LogP contribution in [0.3, 0.4) is 0 Å². The van der Waals surface area contributed by atoms with Gasteiger partial charge in [0, 0.05) is 30.4 Å². The molecule has 1 N–H and O–H groups in total. The van der Waals surface area contributed by atoms with Crippen molar-refractivity contribution in [3.05, 3.63) is 75.8 Å². The van der Waals surface area contributed by atoms with E-state index in [-0.39, 0.29) is 11.5 Å². The quantitative estimate of drug-likeness (QED) is 0.521. The molecule has 0 amide bonds. The summed E-state index contributed by atoms with van der Waals surface area (Å²) >= 11 is 0. The summed E-state index contributed by atoms with van der Waals surface area (Å²) in [7, 11) is 1.00. The summed E-state index contributed by atoms with van der Waals surface area (Å²) in [5.41, 5.74) is 0.769. The number of carbonyl (C=O) groups is 1. The Labute approximate surface area is 110 Å². The number of nitro benzene ring substituents is 1. The van der Waals surface area contributed by atoms with Crippen molar-refractivity contribution in [2.45, 2.75) is 0 Å². The molecule has 0 unspecified atom stereocenters. The Morgan fingerprint density at radius 3 is 2.16 bits per heavy atom. The molecule has 0 saturated heterocycles. The molecule has 0 aliphatic rings. The second-order valence-electron chi connectivity index (χ2n) is 3.50. The largest absolute Gasteiger partial charge is 0.400 e. The van der Waals surface area contributed by atoms with Crippen molar-refractivity contribution in [2.24, 2.45) is 0 Å². The zero-order valence-corrected chi connectivity index (χ0v) is 10.3. The average Bonchev–Trinajstić information content (AvgIpc) is 2.49. The SMILES string of the molecule is CO.O=C(c1ccccc1)c1cccc([N+](=O)[O-])c1. The summed E-state index contributed by atoms with van der Waals surface area (Å²) in [6.07, 6.45) is 0. The third-order valence-electron chi connectivity index (χ3n) is 2.36. The molecule has 0 atom stereocenters. The van der Waals surface area contributed by atoms with Gasteiger partial charge in [-0.05, 0) is 0 Å². The molecule has 98 valence electrons. The van der Waals surface area contributed by atoms with Gasteiger partial charge in [0.2, 0.25) is 0 Å². The fourth-order valence-corrected chi connectivity index (χ4v) is 1.52. The lowest BCUT2D eigenvalue weighted by Gasteiger charge is -2.00. The lowest BCUT2D eigenvalue weighted by atomic mass is 10.0. The predicted octanol–water partition coefficient (Wildman–Crippen LogP) is 2.43. The minimum atomic E-state index is -0.512. The van der Waals surface area contributed by atoms with Gasteiger partial charge in [-0.25, -0.2) is 0 Å². The zero-order chi connectivity index (χ0) is 14.3. The number of nitro groups is 1. The molecule has 0 fully saturated rings. The van der Waals surface area contributed by atoms with Gasteiger partial charge >= 0.3 is 0 Å². The predicted molar refractivity (Wildman–Crippen MR) is 71.1 cm³/mol. The van der Waals surface area contributed by atoms with E-state index in [0.717, 1.165) is 7.11 Å². The third-order valence-corrected chi connectivity index (χ3v) is 2.36. The van der Waals surface area contributed by atoms with Crippen molar-refractivity contribution in [1.29, 1.82) is 0 Å². The maximum absolute atomic E-state index is 12.0. The maximum atomic E-state index is 12.0. The van der Waals surface area contributed by atoms with E-state index in [4.69, 9.17) is 5.11 Å². The monoisotopic (exact) mass is 259 g/mol. The summed E-state index contributed by atoms with van der Waals surface area (Å²) in [5.74, 6) is -0.214. The van der Waals surface area contributed by atoms with E-state index in [9.17, 15) is 14.9 Å². The molecular weight excluding hydrogens is 246 g/mol. The number of aliphatic hydroxyl groups excluding tert-OH is 1. The second kappa shape index (κ2) is 7.03. The van der Waals surface area contributed by atoms with Gasteiger partial charge in [-0.3, -0.25) is 14.9 Å². The third kappa shape index (κ3) is 3.72. The number of hydrogen-bond donors (Lipinski definition) is 1. The lowest BCUT2D eigenvalue weighted by Crippen LogP contribution is -2.01. The van der Waals surface area contributed by atoms with Gasteiger partial charge in [0.15, 0.2) is 5.78 Å². The van der Waals surface area contributed by atoms with Gasteiger partial charge in [-0.1, -0.05) is 42.5 Å². The molecule has 0 aliphatic heterocycles. The van der Waals surface area contributed by atoms with Crippen LogP contribution in [0, 0.1) is 10.1 Å². The van der Waals surface area contributed by atoms with Crippen molar-refractivity contribution in [3.63, 3.8) is 0 Å².